The molecule has 2 rings (SSSR count). The lowest BCUT2D eigenvalue weighted by Gasteiger charge is -2.10. The van der Waals surface area contributed by atoms with E-state index < -0.39 is 0 Å². The summed E-state index contributed by atoms with van der Waals surface area (Å²) in [4.78, 5) is 7.24. The number of halogens is 1. The average molecular weight is 223 g/mol. The highest BCUT2D eigenvalue weighted by Crippen LogP contribution is 2.16. The molecule has 4 nitrogen and oxygen atoms in total. The number of nitrogens with one attached hydrogen (secondary N) is 2. The van der Waals surface area contributed by atoms with Crippen molar-refractivity contribution in [1.29, 1.82) is 0 Å². The van der Waals surface area contributed by atoms with E-state index in [-0.39, 0.29) is 18.5 Å². The van der Waals surface area contributed by atoms with Gasteiger partial charge >= 0.3 is 0 Å². The second kappa shape index (κ2) is 4.49. The van der Waals surface area contributed by atoms with E-state index in [1.165, 1.54) is 12.1 Å². The molecule has 86 valence electrons. The van der Waals surface area contributed by atoms with Gasteiger partial charge < -0.3 is 15.4 Å². The Kier molecular flexibility index (Phi) is 3.05. The van der Waals surface area contributed by atoms with Crippen LogP contribution in [0.1, 0.15) is 13.3 Å². The summed E-state index contributed by atoms with van der Waals surface area (Å²) in [6, 6.07) is 4.53. The van der Waals surface area contributed by atoms with Gasteiger partial charge in [-0.2, -0.15) is 0 Å². The minimum atomic E-state index is -0.286. The first-order valence-corrected chi connectivity index (χ1v) is 5.21. The molecule has 1 atom stereocenters. The standard InChI is InChI=1S/C11H14FN3O/c1-7(4-5-16)13-11-14-9-3-2-8(12)6-10(9)15-11/h2-3,6-7,16H,4-5H2,1H3,(H2,13,14,15). The lowest BCUT2D eigenvalue weighted by atomic mass is 10.2. The Bertz CT molecular complexity index is 483. The number of H-pyrrole nitrogens is 1. The van der Waals surface area contributed by atoms with Crippen molar-refractivity contribution < 1.29 is 9.50 Å². The van der Waals surface area contributed by atoms with Crippen LogP contribution in [0.3, 0.4) is 0 Å². The molecule has 0 radical (unpaired) electrons. The maximum atomic E-state index is 12.9. The minimum Gasteiger partial charge on any atom is -0.396 e. The molecule has 0 aliphatic rings. The first-order chi connectivity index (χ1) is 7.69. The first kappa shape index (κ1) is 10.9. The van der Waals surface area contributed by atoms with Gasteiger partial charge in [0.25, 0.3) is 0 Å². The van der Waals surface area contributed by atoms with Crippen LogP contribution in [0.15, 0.2) is 18.2 Å². The third-order valence-electron chi connectivity index (χ3n) is 2.39. The van der Waals surface area contributed by atoms with Gasteiger partial charge in [-0.25, -0.2) is 9.37 Å². The predicted molar refractivity (Wildman–Crippen MR) is 60.8 cm³/mol. The van der Waals surface area contributed by atoms with E-state index in [1.807, 2.05) is 6.92 Å². The molecule has 0 aliphatic heterocycles. The summed E-state index contributed by atoms with van der Waals surface area (Å²) in [5.41, 5.74) is 1.39. The lowest BCUT2D eigenvalue weighted by Crippen LogP contribution is -2.17. The number of aromatic amines is 1. The van der Waals surface area contributed by atoms with Gasteiger partial charge in [0.05, 0.1) is 11.0 Å². The normalized spacial score (nSPS) is 12.9. The highest BCUT2D eigenvalue weighted by molar-refractivity contribution is 5.77. The van der Waals surface area contributed by atoms with Gasteiger partial charge in [0.2, 0.25) is 5.95 Å². The SMILES string of the molecule is CC(CCO)Nc1nc2ccc(F)cc2[nH]1. The van der Waals surface area contributed by atoms with Crippen molar-refractivity contribution in [3.8, 4) is 0 Å². The van der Waals surface area contributed by atoms with E-state index in [0.717, 1.165) is 5.52 Å². The summed E-state index contributed by atoms with van der Waals surface area (Å²) in [7, 11) is 0. The number of hydrogen-bond acceptors (Lipinski definition) is 3. The van der Waals surface area contributed by atoms with Gasteiger partial charge in [-0.1, -0.05) is 0 Å². The molecule has 0 bridgehead atoms. The Balaban J connectivity index is 2.19. The van der Waals surface area contributed by atoms with Gasteiger partial charge in [-0.15, -0.1) is 0 Å². The van der Waals surface area contributed by atoms with Crippen LogP contribution < -0.4 is 5.32 Å². The van der Waals surface area contributed by atoms with Crippen molar-refractivity contribution in [2.45, 2.75) is 19.4 Å². The number of aliphatic hydroxyl groups is 1. The molecule has 0 saturated heterocycles. The molecular formula is C11H14FN3O. The van der Waals surface area contributed by atoms with Crippen LogP contribution in [0.25, 0.3) is 11.0 Å². The lowest BCUT2D eigenvalue weighted by molar-refractivity contribution is 0.282. The third-order valence-corrected chi connectivity index (χ3v) is 2.39. The molecule has 1 heterocycles. The van der Waals surface area contributed by atoms with E-state index in [2.05, 4.69) is 15.3 Å². The van der Waals surface area contributed by atoms with E-state index in [1.54, 1.807) is 6.07 Å². The Morgan fingerprint density at radius 1 is 1.56 bits per heavy atom. The number of imidazole rings is 1. The fraction of sp³-hybridized carbons (Fsp3) is 0.364. The summed E-state index contributed by atoms with van der Waals surface area (Å²) in [5.74, 6) is 0.313. The van der Waals surface area contributed by atoms with E-state index in [0.29, 0.717) is 17.9 Å². The molecular weight excluding hydrogens is 209 g/mol. The number of hydrogen-bond donors (Lipinski definition) is 3. The Hall–Kier alpha value is -1.62. The largest absolute Gasteiger partial charge is 0.396 e. The van der Waals surface area contributed by atoms with Crippen molar-refractivity contribution in [2.75, 3.05) is 11.9 Å². The topological polar surface area (TPSA) is 60.9 Å². The Morgan fingerprint density at radius 2 is 2.38 bits per heavy atom. The Morgan fingerprint density at radius 3 is 3.12 bits per heavy atom. The minimum absolute atomic E-state index is 0.121. The molecule has 5 heteroatoms. The van der Waals surface area contributed by atoms with Gasteiger partial charge in [-0.05, 0) is 31.5 Å². The summed E-state index contributed by atoms with van der Waals surface area (Å²) >= 11 is 0. The van der Waals surface area contributed by atoms with Crippen LogP contribution in [0, 0.1) is 5.82 Å². The number of aromatic nitrogens is 2. The summed E-state index contributed by atoms with van der Waals surface area (Å²) in [5, 5.41) is 11.9. The maximum Gasteiger partial charge on any atom is 0.201 e. The van der Waals surface area contributed by atoms with Crippen LogP contribution in [-0.4, -0.2) is 27.7 Å². The number of rotatable bonds is 4. The van der Waals surface area contributed by atoms with Crippen LogP contribution in [0.4, 0.5) is 10.3 Å². The highest BCUT2D eigenvalue weighted by Gasteiger charge is 2.06. The van der Waals surface area contributed by atoms with Crippen molar-refractivity contribution >= 4 is 17.0 Å². The second-order valence-corrected chi connectivity index (χ2v) is 3.80. The van der Waals surface area contributed by atoms with Crippen LogP contribution in [0.5, 0.6) is 0 Å². The summed E-state index contributed by atoms with van der Waals surface area (Å²) in [6.07, 6.45) is 0.644. The molecule has 1 unspecified atom stereocenters. The van der Waals surface area contributed by atoms with Crippen molar-refractivity contribution in [3.05, 3.63) is 24.0 Å². The van der Waals surface area contributed by atoms with Crippen LogP contribution in [0.2, 0.25) is 0 Å². The molecule has 0 spiro atoms. The molecule has 2 aromatic rings. The first-order valence-electron chi connectivity index (χ1n) is 5.21. The molecule has 3 N–H and O–H groups in total. The van der Waals surface area contributed by atoms with Crippen molar-refractivity contribution in [1.82, 2.24) is 9.97 Å². The van der Waals surface area contributed by atoms with E-state index in [9.17, 15) is 4.39 Å². The number of nitrogens with zero attached hydrogens (tertiary/aromatic N) is 1. The van der Waals surface area contributed by atoms with Gasteiger partial charge in [0, 0.05) is 12.6 Å². The predicted octanol–water partition coefficient (Wildman–Crippen LogP) is 1.88. The summed E-state index contributed by atoms with van der Waals surface area (Å²) in [6.45, 7) is 2.08. The molecule has 0 fully saturated rings. The monoisotopic (exact) mass is 223 g/mol. The fourth-order valence-corrected chi connectivity index (χ4v) is 1.55. The molecule has 0 aliphatic carbocycles. The van der Waals surface area contributed by atoms with Gasteiger partial charge in [-0.3, -0.25) is 0 Å². The third kappa shape index (κ3) is 2.30. The molecule has 16 heavy (non-hydrogen) atoms. The van der Waals surface area contributed by atoms with Gasteiger partial charge in [0.1, 0.15) is 5.82 Å². The smallest absolute Gasteiger partial charge is 0.201 e. The quantitative estimate of drug-likeness (QED) is 0.741. The fourth-order valence-electron chi connectivity index (χ4n) is 1.55. The highest BCUT2D eigenvalue weighted by atomic mass is 19.1. The number of aliphatic hydroxyl groups excluding tert-OH is 1. The van der Waals surface area contributed by atoms with E-state index >= 15 is 0 Å². The summed E-state index contributed by atoms with van der Waals surface area (Å²) < 4.78 is 12.9. The molecule has 0 amide bonds. The number of anilines is 1. The number of fused-ring (bicyclic) bond motifs is 1. The zero-order valence-electron chi connectivity index (χ0n) is 9.00. The van der Waals surface area contributed by atoms with E-state index in [4.69, 9.17) is 5.11 Å². The van der Waals surface area contributed by atoms with Crippen LogP contribution >= 0.6 is 0 Å². The second-order valence-electron chi connectivity index (χ2n) is 3.80. The molecule has 1 aromatic heterocycles. The molecule has 0 saturated carbocycles. The van der Waals surface area contributed by atoms with Crippen LogP contribution in [-0.2, 0) is 0 Å². The zero-order chi connectivity index (χ0) is 11.5. The molecule has 1 aromatic carbocycles. The maximum absolute atomic E-state index is 12.9. The van der Waals surface area contributed by atoms with Crippen molar-refractivity contribution in [2.24, 2.45) is 0 Å². The number of benzene rings is 1. The average Bonchev–Trinajstić information content (AvgIpc) is 2.59. The van der Waals surface area contributed by atoms with Crippen molar-refractivity contribution in [3.63, 3.8) is 0 Å². The van der Waals surface area contributed by atoms with Gasteiger partial charge in [0.15, 0.2) is 0 Å². The zero-order valence-corrected chi connectivity index (χ0v) is 9.00. The Labute approximate surface area is 92.5 Å².